The van der Waals surface area contributed by atoms with E-state index in [1.54, 1.807) is 0 Å². The van der Waals surface area contributed by atoms with Gasteiger partial charge >= 0.3 is 6.09 Å². The molecule has 2 fully saturated rings. The summed E-state index contributed by atoms with van der Waals surface area (Å²) in [5, 5.41) is 0. The van der Waals surface area contributed by atoms with Crippen LogP contribution in [0.25, 0.3) is 0 Å². The minimum absolute atomic E-state index is 0.00926. The van der Waals surface area contributed by atoms with Crippen LogP contribution in [0.4, 0.5) is 4.79 Å². The Morgan fingerprint density at radius 3 is 2.38 bits per heavy atom. The monoisotopic (exact) mass is 114 g/mol. The van der Waals surface area contributed by atoms with Gasteiger partial charge in [-0.3, -0.25) is 0 Å². The fourth-order valence-electron chi connectivity index (χ4n) is 1.06. The smallest absolute Gasteiger partial charge is 0.414 e. The third-order valence-corrected chi connectivity index (χ3v) is 1.90. The van der Waals surface area contributed by atoms with Crippen LogP contribution < -0.4 is 0 Å². The van der Waals surface area contributed by atoms with Crippen molar-refractivity contribution >= 4 is 6.09 Å². The van der Waals surface area contributed by atoms with Crippen LogP contribution in [0.15, 0.2) is 0 Å². The van der Waals surface area contributed by atoms with E-state index in [0.29, 0.717) is 11.1 Å². The zero-order chi connectivity index (χ0) is 5.61. The van der Waals surface area contributed by atoms with Crippen molar-refractivity contribution in [2.24, 2.45) is 0 Å². The zero-order valence-electron chi connectivity index (χ0n) is 4.59. The minimum atomic E-state index is -0.00926. The Kier molecular flexibility index (Phi) is 0.568. The maximum absolute atomic E-state index is 10.7. The Balaban J connectivity index is 2.23. The van der Waals surface area contributed by atoms with Crippen molar-refractivity contribution in [3.63, 3.8) is 0 Å². The van der Waals surface area contributed by atoms with Crippen LogP contribution >= 0.6 is 0 Å². The largest absolute Gasteiger partial charge is 0.516 e. The van der Waals surface area contributed by atoms with Gasteiger partial charge in [0.15, 0.2) is 0 Å². The Hall–Kier alpha value is -0.570. The van der Waals surface area contributed by atoms with Gasteiger partial charge in [-0.1, -0.05) is 0 Å². The molecule has 0 atom stereocenters. The van der Waals surface area contributed by atoms with E-state index in [9.17, 15) is 4.79 Å². The summed E-state index contributed by atoms with van der Waals surface area (Å²) in [4.78, 5) is 10.7. The van der Waals surface area contributed by atoms with Gasteiger partial charge in [0, 0.05) is 0 Å². The third-order valence-electron chi connectivity index (χ3n) is 1.90. The van der Waals surface area contributed by atoms with Gasteiger partial charge in [0.25, 0.3) is 0 Å². The van der Waals surface area contributed by atoms with Crippen molar-refractivity contribution < 1.29 is 14.0 Å². The zero-order valence-corrected chi connectivity index (χ0v) is 4.59. The van der Waals surface area contributed by atoms with Crippen LogP contribution in [0.2, 0.25) is 0 Å². The van der Waals surface area contributed by atoms with E-state index in [1.165, 1.54) is 0 Å². The van der Waals surface area contributed by atoms with E-state index in [-0.39, 0.29) is 6.09 Å². The summed E-state index contributed by atoms with van der Waals surface area (Å²) >= 11 is 0. The van der Waals surface area contributed by atoms with Gasteiger partial charge in [-0.15, -0.1) is 0 Å². The number of quaternary nitrogens is 1. The van der Waals surface area contributed by atoms with Crippen molar-refractivity contribution in [3.05, 3.63) is 0 Å². The Bertz CT molecular complexity index is 139. The fourth-order valence-corrected chi connectivity index (χ4v) is 1.06. The van der Waals surface area contributed by atoms with E-state index >= 15 is 0 Å². The van der Waals surface area contributed by atoms with Crippen LogP contribution in [0.3, 0.4) is 0 Å². The summed E-state index contributed by atoms with van der Waals surface area (Å²) in [6, 6.07) is 0. The topological polar surface area (TPSA) is 26.3 Å². The average molecular weight is 114 g/mol. The first-order chi connectivity index (χ1) is 3.83. The molecule has 2 aliphatic rings. The lowest BCUT2D eigenvalue weighted by atomic mass is 10.7. The van der Waals surface area contributed by atoms with Gasteiger partial charge in [-0.25, -0.2) is 4.48 Å². The van der Waals surface area contributed by atoms with Crippen LogP contribution in [-0.2, 0) is 4.74 Å². The van der Waals surface area contributed by atoms with Crippen molar-refractivity contribution in [1.29, 1.82) is 0 Å². The predicted octanol–water partition coefficient (Wildman–Crippen LogP) is -0.0330. The number of rotatable bonds is 0. The molecule has 0 aliphatic carbocycles. The molecule has 2 heterocycles. The SMILES string of the molecule is O=C1OCC[N+]12CC2. The number of carbonyl (C=O) groups excluding carboxylic acids is 1. The number of hydrogen-bond donors (Lipinski definition) is 0. The second kappa shape index (κ2) is 1.05. The molecule has 1 amide bonds. The molecule has 0 unspecified atom stereocenters. The van der Waals surface area contributed by atoms with Crippen LogP contribution in [0, 0.1) is 0 Å². The molecule has 0 aromatic heterocycles. The predicted molar refractivity (Wildman–Crippen MR) is 26.2 cm³/mol. The van der Waals surface area contributed by atoms with Crippen LogP contribution in [0.1, 0.15) is 0 Å². The highest BCUT2D eigenvalue weighted by Gasteiger charge is 2.55. The second-order valence-electron chi connectivity index (χ2n) is 2.43. The third kappa shape index (κ3) is 0.351. The molecular weight excluding hydrogens is 106 g/mol. The second-order valence-corrected chi connectivity index (χ2v) is 2.43. The molecule has 2 rings (SSSR count). The lowest BCUT2D eigenvalue weighted by molar-refractivity contribution is -0.702. The normalized spacial score (nSPS) is 30.8. The number of ether oxygens (including phenoxy) is 1. The first-order valence-electron chi connectivity index (χ1n) is 2.87. The number of carbonyl (C=O) groups is 1. The van der Waals surface area contributed by atoms with Crippen LogP contribution in [0.5, 0.6) is 0 Å². The highest BCUT2D eigenvalue weighted by atomic mass is 16.6. The minimum Gasteiger partial charge on any atom is -0.414 e. The fraction of sp³-hybridized carbons (Fsp3) is 0.800. The molecule has 0 aromatic carbocycles. The van der Waals surface area contributed by atoms with Crippen molar-refractivity contribution in [3.8, 4) is 0 Å². The highest BCUT2D eigenvalue weighted by molar-refractivity contribution is 5.62. The number of nitrogens with zero attached hydrogens (tertiary/aromatic N) is 1. The van der Waals surface area contributed by atoms with Crippen molar-refractivity contribution in [2.75, 3.05) is 26.2 Å². The van der Waals surface area contributed by atoms with Gasteiger partial charge in [-0.2, -0.15) is 4.79 Å². The molecule has 0 N–H and O–H groups in total. The number of hydrogen-bond acceptors (Lipinski definition) is 2. The first kappa shape index (κ1) is 4.32. The number of cyclic esters (lactones) is 1. The molecule has 1 spiro atoms. The van der Waals surface area contributed by atoms with Gasteiger partial charge in [-0.05, 0) is 0 Å². The summed E-state index contributed by atoms with van der Waals surface area (Å²) in [6.07, 6.45) is -0.00926. The molecule has 8 heavy (non-hydrogen) atoms. The Labute approximate surface area is 47.4 Å². The molecule has 3 heteroatoms. The van der Waals surface area contributed by atoms with Crippen LogP contribution in [-0.4, -0.2) is 36.8 Å². The molecule has 0 bridgehead atoms. The average Bonchev–Trinajstić information content (AvgIpc) is 2.39. The molecule has 44 valence electrons. The van der Waals surface area contributed by atoms with Gasteiger partial charge in [0.1, 0.15) is 26.2 Å². The molecule has 2 aliphatic heterocycles. The van der Waals surface area contributed by atoms with E-state index in [2.05, 4.69) is 0 Å². The van der Waals surface area contributed by atoms with Gasteiger partial charge in [0.05, 0.1) is 0 Å². The summed E-state index contributed by atoms with van der Waals surface area (Å²) < 4.78 is 5.39. The van der Waals surface area contributed by atoms with E-state index in [0.717, 1.165) is 19.6 Å². The highest BCUT2D eigenvalue weighted by Crippen LogP contribution is 2.26. The molecule has 2 saturated heterocycles. The number of amides is 1. The quantitative estimate of drug-likeness (QED) is 0.326. The molecule has 3 nitrogen and oxygen atoms in total. The van der Waals surface area contributed by atoms with E-state index < -0.39 is 0 Å². The lowest BCUT2D eigenvalue weighted by Crippen LogP contribution is -2.25. The maximum Gasteiger partial charge on any atom is 0.516 e. The first-order valence-corrected chi connectivity index (χ1v) is 2.87. The standard InChI is InChI=1S/C5H8NO2/c7-5-6(1-2-6)3-4-8-5/h1-4H2/q+1. The molecule has 0 radical (unpaired) electrons. The summed E-state index contributed by atoms with van der Waals surface area (Å²) in [5.41, 5.74) is 0. The van der Waals surface area contributed by atoms with Crippen molar-refractivity contribution in [1.82, 2.24) is 0 Å². The lowest BCUT2D eigenvalue weighted by Gasteiger charge is -1.97. The summed E-state index contributed by atoms with van der Waals surface area (Å²) in [7, 11) is 0. The molecule has 0 aromatic rings. The van der Waals surface area contributed by atoms with Gasteiger partial charge < -0.3 is 4.74 Å². The Morgan fingerprint density at radius 1 is 1.38 bits per heavy atom. The van der Waals surface area contributed by atoms with E-state index in [1.807, 2.05) is 0 Å². The Morgan fingerprint density at radius 2 is 2.12 bits per heavy atom. The van der Waals surface area contributed by atoms with Gasteiger partial charge in [0.2, 0.25) is 0 Å². The van der Waals surface area contributed by atoms with E-state index in [4.69, 9.17) is 4.74 Å². The molecule has 0 saturated carbocycles. The summed E-state index contributed by atoms with van der Waals surface area (Å²) in [5.74, 6) is 0. The van der Waals surface area contributed by atoms with Crippen molar-refractivity contribution in [2.45, 2.75) is 0 Å². The molecular formula is C5H8NO2+. The summed E-state index contributed by atoms with van der Waals surface area (Å²) in [6.45, 7) is 3.58. The maximum atomic E-state index is 10.7.